The van der Waals surface area contributed by atoms with Crippen molar-refractivity contribution in [2.75, 3.05) is 26.0 Å². The average Bonchev–Trinajstić information content (AvgIpc) is 2.60. The Balaban J connectivity index is 1.69. The molecule has 0 fully saturated rings. The van der Waals surface area contributed by atoms with Gasteiger partial charge in [0.15, 0.2) is 0 Å². The Kier molecular flexibility index (Phi) is 4.96. The molecule has 0 saturated heterocycles. The quantitative estimate of drug-likeness (QED) is 0.878. The van der Waals surface area contributed by atoms with E-state index in [0.29, 0.717) is 0 Å². The zero-order chi connectivity index (χ0) is 16.9. The first-order valence-corrected chi connectivity index (χ1v) is 8.08. The minimum atomic E-state index is -0.148. The fraction of sp³-hybridized carbons (Fsp3) is 0.250. The fourth-order valence-electron chi connectivity index (χ4n) is 2.93. The van der Waals surface area contributed by atoms with Crippen molar-refractivity contribution in [3.63, 3.8) is 0 Å². The maximum atomic E-state index is 12.2. The SMILES string of the molecule is COc1ccccc1/C=C/C(=O)Nc1ccc2c(c1)CN(C)CC2. The Morgan fingerprint density at radius 1 is 1.21 bits per heavy atom. The molecule has 4 heteroatoms. The first-order chi connectivity index (χ1) is 11.7. The molecule has 0 aliphatic carbocycles. The third-order valence-corrected chi connectivity index (χ3v) is 4.23. The standard InChI is InChI=1S/C20H22N2O2/c1-22-12-11-15-7-9-18(13-17(15)14-22)21-20(23)10-8-16-5-3-4-6-19(16)24-2/h3-10,13H,11-12,14H2,1-2H3,(H,21,23)/b10-8+. The van der Waals surface area contributed by atoms with Gasteiger partial charge in [-0.3, -0.25) is 4.79 Å². The van der Waals surface area contributed by atoms with Gasteiger partial charge in [-0.05, 0) is 48.9 Å². The van der Waals surface area contributed by atoms with Crippen LogP contribution in [0.25, 0.3) is 6.08 Å². The van der Waals surface area contributed by atoms with Crippen LogP contribution in [0.3, 0.4) is 0 Å². The molecule has 24 heavy (non-hydrogen) atoms. The zero-order valence-corrected chi connectivity index (χ0v) is 14.1. The Bertz CT molecular complexity index is 768. The van der Waals surface area contributed by atoms with Gasteiger partial charge in [0, 0.05) is 30.4 Å². The number of ether oxygens (including phenoxy) is 1. The van der Waals surface area contributed by atoms with Crippen LogP contribution in [0.5, 0.6) is 5.75 Å². The largest absolute Gasteiger partial charge is 0.496 e. The van der Waals surface area contributed by atoms with Crippen molar-refractivity contribution >= 4 is 17.7 Å². The van der Waals surface area contributed by atoms with E-state index in [0.717, 1.165) is 36.5 Å². The summed E-state index contributed by atoms with van der Waals surface area (Å²) in [5, 5.41) is 2.93. The summed E-state index contributed by atoms with van der Waals surface area (Å²) < 4.78 is 5.28. The second-order valence-electron chi connectivity index (χ2n) is 6.04. The van der Waals surface area contributed by atoms with Crippen molar-refractivity contribution in [1.29, 1.82) is 0 Å². The molecule has 4 nitrogen and oxygen atoms in total. The Morgan fingerprint density at radius 2 is 2.04 bits per heavy atom. The van der Waals surface area contributed by atoms with Crippen molar-refractivity contribution in [3.05, 3.63) is 65.2 Å². The van der Waals surface area contributed by atoms with Crippen molar-refractivity contribution in [3.8, 4) is 5.75 Å². The summed E-state index contributed by atoms with van der Waals surface area (Å²) in [6, 6.07) is 13.8. The lowest BCUT2D eigenvalue weighted by Crippen LogP contribution is -2.26. The van der Waals surface area contributed by atoms with E-state index in [4.69, 9.17) is 4.74 Å². The molecule has 0 saturated carbocycles. The lowest BCUT2D eigenvalue weighted by molar-refractivity contribution is -0.111. The first kappa shape index (κ1) is 16.3. The molecule has 1 aliphatic heterocycles. The number of carbonyl (C=O) groups is 1. The number of amides is 1. The number of likely N-dealkylation sites (N-methyl/N-ethyl adjacent to an activating group) is 1. The number of benzene rings is 2. The van der Waals surface area contributed by atoms with Gasteiger partial charge in [0.1, 0.15) is 5.75 Å². The number of anilines is 1. The highest BCUT2D eigenvalue weighted by Gasteiger charge is 2.13. The van der Waals surface area contributed by atoms with E-state index in [1.54, 1.807) is 13.2 Å². The molecule has 0 spiro atoms. The van der Waals surface area contributed by atoms with E-state index in [1.165, 1.54) is 17.2 Å². The van der Waals surface area contributed by atoms with Gasteiger partial charge in [-0.25, -0.2) is 0 Å². The molecule has 0 radical (unpaired) electrons. The van der Waals surface area contributed by atoms with Gasteiger partial charge in [0.2, 0.25) is 5.91 Å². The van der Waals surface area contributed by atoms with Gasteiger partial charge < -0.3 is 15.0 Å². The smallest absolute Gasteiger partial charge is 0.248 e. The van der Waals surface area contributed by atoms with Gasteiger partial charge in [0.25, 0.3) is 0 Å². The summed E-state index contributed by atoms with van der Waals surface area (Å²) in [5.74, 6) is 0.600. The number of para-hydroxylation sites is 1. The van der Waals surface area contributed by atoms with Crippen molar-refractivity contribution in [2.24, 2.45) is 0 Å². The van der Waals surface area contributed by atoms with Crippen molar-refractivity contribution in [1.82, 2.24) is 4.90 Å². The lowest BCUT2D eigenvalue weighted by Gasteiger charge is -2.25. The second kappa shape index (κ2) is 7.32. The molecule has 1 heterocycles. The predicted octanol–water partition coefficient (Wildman–Crippen LogP) is 3.34. The summed E-state index contributed by atoms with van der Waals surface area (Å²) in [7, 11) is 3.74. The minimum absolute atomic E-state index is 0.148. The maximum Gasteiger partial charge on any atom is 0.248 e. The summed E-state index contributed by atoms with van der Waals surface area (Å²) in [5.41, 5.74) is 4.37. The molecule has 1 N–H and O–H groups in total. The molecule has 0 bridgehead atoms. The molecule has 2 aromatic rings. The van der Waals surface area contributed by atoms with Crippen LogP contribution in [0.4, 0.5) is 5.69 Å². The normalized spacial score (nSPS) is 14.4. The van der Waals surface area contributed by atoms with E-state index in [9.17, 15) is 4.79 Å². The summed E-state index contributed by atoms with van der Waals surface area (Å²) in [6.07, 6.45) is 4.36. The minimum Gasteiger partial charge on any atom is -0.496 e. The van der Waals surface area contributed by atoms with Crippen LogP contribution in [0.1, 0.15) is 16.7 Å². The number of fused-ring (bicyclic) bond motifs is 1. The molecule has 2 aromatic carbocycles. The predicted molar refractivity (Wildman–Crippen MR) is 97.1 cm³/mol. The summed E-state index contributed by atoms with van der Waals surface area (Å²) in [6.45, 7) is 2.01. The van der Waals surface area contributed by atoms with E-state index in [1.807, 2.05) is 30.3 Å². The van der Waals surface area contributed by atoms with Crippen molar-refractivity contribution < 1.29 is 9.53 Å². The van der Waals surface area contributed by atoms with Gasteiger partial charge in [-0.1, -0.05) is 24.3 Å². The van der Waals surface area contributed by atoms with Gasteiger partial charge in [-0.15, -0.1) is 0 Å². The highest BCUT2D eigenvalue weighted by atomic mass is 16.5. The molecular formula is C20H22N2O2. The second-order valence-corrected chi connectivity index (χ2v) is 6.04. The number of nitrogens with one attached hydrogen (secondary N) is 1. The number of methoxy groups -OCH3 is 1. The molecule has 124 valence electrons. The van der Waals surface area contributed by atoms with Crippen LogP contribution in [-0.4, -0.2) is 31.5 Å². The van der Waals surface area contributed by atoms with E-state index >= 15 is 0 Å². The number of hydrogen-bond acceptors (Lipinski definition) is 3. The third-order valence-electron chi connectivity index (χ3n) is 4.23. The number of rotatable bonds is 4. The van der Waals surface area contributed by atoms with Gasteiger partial charge in [0.05, 0.1) is 7.11 Å². The molecule has 0 unspecified atom stereocenters. The number of nitrogens with zero attached hydrogens (tertiary/aromatic N) is 1. The van der Waals surface area contributed by atoms with Crippen LogP contribution in [-0.2, 0) is 17.8 Å². The molecule has 3 rings (SSSR count). The summed E-state index contributed by atoms with van der Waals surface area (Å²) >= 11 is 0. The molecule has 1 amide bonds. The number of hydrogen-bond donors (Lipinski definition) is 1. The lowest BCUT2D eigenvalue weighted by atomic mass is 9.99. The fourth-order valence-corrected chi connectivity index (χ4v) is 2.93. The molecule has 0 atom stereocenters. The van der Waals surface area contributed by atoms with Crippen molar-refractivity contribution in [2.45, 2.75) is 13.0 Å². The highest BCUT2D eigenvalue weighted by Crippen LogP contribution is 2.22. The third kappa shape index (κ3) is 3.84. The molecular weight excluding hydrogens is 300 g/mol. The monoisotopic (exact) mass is 322 g/mol. The van der Waals surface area contributed by atoms with E-state index in [2.05, 4.69) is 29.4 Å². The van der Waals surface area contributed by atoms with Crippen LogP contribution in [0, 0.1) is 0 Å². The van der Waals surface area contributed by atoms with Crippen LogP contribution >= 0.6 is 0 Å². The highest BCUT2D eigenvalue weighted by molar-refractivity contribution is 6.02. The maximum absolute atomic E-state index is 12.2. The van der Waals surface area contributed by atoms with Crippen LogP contribution in [0.2, 0.25) is 0 Å². The number of carbonyl (C=O) groups excluding carboxylic acids is 1. The Morgan fingerprint density at radius 3 is 2.88 bits per heavy atom. The zero-order valence-electron chi connectivity index (χ0n) is 14.1. The molecule has 1 aliphatic rings. The van der Waals surface area contributed by atoms with E-state index in [-0.39, 0.29) is 5.91 Å². The Labute approximate surface area is 142 Å². The van der Waals surface area contributed by atoms with Crippen LogP contribution < -0.4 is 10.1 Å². The van der Waals surface area contributed by atoms with Gasteiger partial charge in [-0.2, -0.15) is 0 Å². The van der Waals surface area contributed by atoms with Crippen LogP contribution in [0.15, 0.2) is 48.5 Å². The van der Waals surface area contributed by atoms with Gasteiger partial charge >= 0.3 is 0 Å². The molecule has 0 aromatic heterocycles. The van der Waals surface area contributed by atoms with E-state index < -0.39 is 0 Å². The Hall–Kier alpha value is -2.59. The summed E-state index contributed by atoms with van der Waals surface area (Å²) in [4.78, 5) is 14.5. The topological polar surface area (TPSA) is 41.6 Å². The average molecular weight is 322 g/mol. The first-order valence-electron chi connectivity index (χ1n) is 8.08.